The number of halogens is 1. The first kappa shape index (κ1) is 23.3. The van der Waals surface area contributed by atoms with Gasteiger partial charge in [-0.15, -0.1) is 0 Å². The molecule has 1 N–H and O–H groups in total. The largest absolute Gasteiger partial charge is 0.493 e. The third-order valence-corrected chi connectivity index (χ3v) is 4.90. The normalized spacial score (nSPS) is 11.7. The van der Waals surface area contributed by atoms with Crippen molar-refractivity contribution < 1.29 is 19.0 Å². The maximum Gasteiger partial charge on any atom is 0.280 e. The first-order chi connectivity index (χ1) is 15.5. The molecule has 0 saturated carbocycles. The third kappa shape index (κ3) is 7.13. The molecule has 6 nitrogen and oxygen atoms in total. The molecule has 3 aromatic carbocycles. The topological polar surface area (TPSA) is 69.2 Å². The summed E-state index contributed by atoms with van der Waals surface area (Å²) in [5.74, 6) is 1.61. The van der Waals surface area contributed by atoms with Gasteiger partial charge in [-0.1, -0.05) is 46.3 Å². The van der Waals surface area contributed by atoms with Crippen molar-refractivity contribution in [1.82, 2.24) is 5.43 Å². The lowest BCUT2D eigenvalue weighted by Crippen LogP contribution is -2.33. The van der Waals surface area contributed by atoms with Gasteiger partial charge in [0, 0.05) is 10.0 Å². The number of hydrazone groups is 1. The number of carbonyl (C=O) groups excluding carboxylic acids is 1. The first-order valence-electron chi connectivity index (χ1n) is 10.2. The van der Waals surface area contributed by atoms with Crippen LogP contribution < -0.4 is 19.6 Å². The molecule has 32 heavy (non-hydrogen) atoms. The van der Waals surface area contributed by atoms with Crippen molar-refractivity contribution in [2.75, 3.05) is 6.61 Å². The second-order valence-corrected chi connectivity index (χ2v) is 7.77. The number of benzene rings is 3. The Hall–Kier alpha value is -3.32. The van der Waals surface area contributed by atoms with Crippen LogP contribution in [0.5, 0.6) is 17.2 Å². The lowest BCUT2D eigenvalue weighted by Gasteiger charge is -2.13. The van der Waals surface area contributed by atoms with Crippen LogP contribution in [0.15, 0.2) is 82.4 Å². The Bertz CT molecular complexity index is 1040. The lowest BCUT2D eigenvalue weighted by atomic mass is 10.2. The second kappa shape index (κ2) is 11.9. The molecule has 0 aliphatic carbocycles. The zero-order chi connectivity index (χ0) is 22.8. The molecule has 0 aromatic heterocycles. The quantitative estimate of drug-likeness (QED) is 0.303. The van der Waals surface area contributed by atoms with Gasteiger partial charge in [0.2, 0.25) is 0 Å². The number of hydrogen-bond donors (Lipinski definition) is 1. The van der Waals surface area contributed by atoms with Gasteiger partial charge in [0.1, 0.15) is 23.9 Å². The summed E-state index contributed by atoms with van der Waals surface area (Å²) in [6.45, 7) is 4.59. The average Bonchev–Trinajstić information content (AvgIpc) is 2.81. The fourth-order valence-corrected chi connectivity index (χ4v) is 3.16. The standard InChI is InChI=1S/C25H25BrN2O4/c1-3-30-24-14-9-21(26)15-20(24)16-27-28-25(29)18(2)32-23-12-10-22(11-13-23)31-17-19-7-5-4-6-8-19/h4-16,18H,3,17H2,1-2H3,(H,28,29)/b27-16-. The molecule has 166 valence electrons. The Labute approximate surface area is 196 Å². The Morgan fingerprint density at radius 1 is 1.03 bits per heavy atom. The molecule has 0 fully saturated rings. The minimum atomic E-state index is -0.725. The maximum atomic E-state index is 12.3. The van der Waals surface area contributed by atoms with Crippen LogP contribution in [0.1, 0.15) is 25.0 Å². The van der Waals surface area contributed by atoms with Gasteiger partial charge >= 0.3 is 0 Å². The molecule has 0 aliphatic heterocycles. The van der Waals surface area contributed by atoms with Crippen LogP contribution in [-0.4, -0.2) is 24.8 Å². The van der Waals surface area contributed by atoms with Crippen molar-refractivity contribution in [2.24, 2.45) is 5.10 Å². The van der Waals surface area contributed by atoms with Gasteiger partial charge in [0.05, 0.1) is 12.8 Å². The van der Waals surface area contributed by atoms with Crippen molar-refractivity contribution in [2.45, 2.75) is 26.6 Å². The number of carbonyl (C=O) groups is 1. The van der Waals surface area contributed by atoms with E-state index in [-0.39, 0.29) is 5.91 Å². The SMILES string of the molecule is CCOc1ccc(Br)cc1/C=N\NC(=O)C(C)Oc1ccc(OCc2ccccc2)cc1. The van der Waals surface area contributed by atoms with Gasteiger partial charge in [-0.05, 0) is 61.9 Å². The van der Waals surface area contributed by atoms with Gasteiger partial charge in [-0.25, -0.2) is 5.43 Å². The Balaban J connectivity index is 1.50. The van der Waals surface area contributed by atoms with Crippen LogP contribution in [0.2, 0.25) is 0 Å². The second-order valence-electron chi connectivity index (χ2n) is 6.86. The Morgan fingerprint density at radius 3 is 2.47 bits per heavy atom. The highest BCUT2D eigenvalue weighted by molar-refractivity contribution is 9.10. The van der Waals surface area contributed by atoms with Crippen LogP contribution in [-0.2, 0) is 11.4 Å². The van der Waals surface area contributed by atoms with Gasteiger partial charge in [-0.3, -0.25) is 4.79 Å². The van der Waals surface area contributed by atoms with E-state index in [2.05, 4.69) is 26.5 Å². The minimum Gasteiger partial charge on any atom is -0.493 e. The lowest BCUT2D eigenvalue weighted by molar-refractivity contribution is -0.127. The molecule has 1 atom stereocenters. The molecule has 0 aliphatic rings. The summed E-state index contributed by atoms with van der Waals surface area (Å²) >= 11 is 3.42. The highest BCUT2D eigenvalue weighted by Gasteiger charge is 2.14. The first-order valence-corrected chi connectivity index (χ1v) is 11.0. The average molecular weight is 497 g/mol. The van der Waals surface area contributed by atoms with Gasteiger partial charge in [-0.2, -0.15) is 5.10 Å². The van der Waals surface area contributed by atoms with E-state index in [0.717, 1.165) is 21.3 Å². The van der Waals surface area contributed by atoms with Gasteiger partial charge < -0.3 is 14.2 Å². The predicted octanol–water partition coefficient (Wildman–Crippen LogP) is 5.34. The minimum absolute atomic E-state index is 0.362. The van der Waals surface area contributed by atoms with Crippen molar-refractivity contribution in [3.8, 4) is 17.2 Å². The highest BCUT2D eigenvalue weighted by atomic mass is 79.9. The summed E-state index contributed by atoms with van der Waals surface area (Å²) < 4.78 is 17.9. The number of nitrogens with one attached hydrogen (secondary N) is 1. The predicted molar refractivity (Wildman–Crippen MR) is 128 cm³/mol. The zero-order valence-corrected chi connectivity index (χ0v) is 19.5. The Morgan fingerprint density at radius 2 is 1.75 bits per heavy atom. The smallest absolute Gasteiger partial charge is 0.280 e. The molecule has 0 heterocycles. The number of ether oxygens (including phenoxy) is 3. The number of hydrogen-bond acceptors (Lipinski definition) is 5. The Kier molecular flexibility index (Phi) is 8.69. The van der Waals surface area contributed by atoms with E-state index < -0.39 is 6.10 Å². The molecule has 7 heteroatoms. The maximum absolute atomic E-state index is 12.3. The molecular weight excluding hydrogens is 472 g/mol. The van der Waals surface area contributed by atoms with E-state index in [1.165, 1.54) is 0 Å². The fraction of sp³-hybridized carbons (Fsp3) is 0.200. The van der Waals surface area contributed by atoms with E-state index >= 15 is 0 Å². The van der Waals surface area contributed by atoms with Gasteiger partial charge in [0.25, 0.3) is 5.91 Å². The summed E-state index contributed by atoms with van der Waals surface area (Å²) in [5.41, 5.74) is 4.34. The van der Waals surface area contributed by atoms with Crippen molar-refractivity contribution in [3.05, 3.63) is 88.4 Å². The van der Waals surface area contributed by atoms with Crippen molar-refractivity contribution >= 4 is 28.1 Å². The van der Waals surface area contributed by atoms with E-state index in [1.54, 1.807) is 25.3 Å². The zero-order valence-electron chi connectivity index (χ0n) is 18.0. The van der Waals surface area contributed by atoms with E-state index in [0.29, 0.717) is 24.7 Å². The molecule has 3 rings (SSSR count). The van der Waals surface area contributed by atoms with Crippen molar-refractivity contribution in [3.63, 3.8) is 0 Å². The molecule has 0 saturated heterocycles. The van der Waals surface area contributed by atoms with E-state index in [4.69, 9.17) is 14.2 Å². The number of nitrogens with zero attached hydrogens (tertiary/aromatic N) is 1. The molecule has 0 radical (unpaired) electrons. The fourth-order valence-electron chi connectivity index (χ4n) is 2.78. The van der Waals surface area contributed by atoms with E-state index in [1.807, 2.05) is 67.6 Å². The molecule has 0 spiro atoms. The molecule has 1 amide bonds. The monoisotopic (exact) mass is 496 g/mol. The van der Waals surface area contributed by atoms with Crippen molar-refractivity contribution in [1.29, 1.82) is 0 Å². The summed E-state index contributed by atoms with van der Waals surface area (Å²) in [7, 11) is 0. The molecular formula is C25H25BrN2O4. The van der Waals surface area contributed by atoms with Crippen LogP contribution in [0.3, 0.4) is 0 Å². The van der Waals surface area contributed by atoms with Crippen LogP contribution in [0.4, 0.5) is 0 Å². The van der Waals surface area contributed by atoms with Crippen LogP contribution >= 0.6 is 15.9 Å². The third-order valence-electron chi connectivity index (χ3n) is 4.40. The highest BCUT2D eigenvalue weighted by Crippen LogP contribution is 2.22. The van der Waals surface area contributed by atoms with E-state index in [9.17, 15) is 4.79 Å². The molecule has 3 aromatic rings. The summed E-state index contributed by atoms with van der Waals surface area (Å²) in [6.07, 6.45) is 0.816. The number of amides is 1. The van der Waals surface area contributed by atoms with Crippen LogP contribution in [0, 0.1) is 0 Å². The number of rotatable bonds is 10. The summed E-state index contributed by atoms with van der Waals surface area (Å²) in [5, 5.41) is 4.03. The van der Waals surface area contributed by atoms with Gasteiger partial charge in [0.15, 0.2) is 6.10 Å². The summed E-state index contributed by atoms with van der Waals surface area (Å²) in [4.78, 5) is 12.3. The van der Waals surface area contributed by atoms with Crippen LogP contribution in [0.25, 0.3) is 0 Å². The molecule has 0 bridgehead atoms. The summed E-state index contributed by atoms with van der Waals surface area (Å²) in [6, 6.07) is 22.7. The molecule has 1 unspecified atom stereocenters.